The SMILES string of the molecule is COc1ccc(N(CCC(=O)Nc2ccc(C(F)(F)F)cc2)S(=O)(=O)c2ccc(C)c(C)c2)cc1. The van der Waals surface area contributed by atoms with Crippen LogP contribution in [0.4, 0.5) is 24.5 Å². The number of ether oxygens (including phenoxy) is 1. The molecule has 3 rings (SSSR count). The van der Waals surface area contributed by atoms with E-state index in [1.54, 1.807) is 36.4 Å². The van der Waals surface area contributed by atoms with Crippen molar-refractivity contribution in [2.45, 2.75) is 31.3 Å². The Bertz CT molecular complexity index is 1290. The fraction of sp³-hybridized carbons (Fsp3) is 0.240. The minimum atomic E-state index is -4.48. The van der Waals surface area contributed by atoms with Crippen LogP contribution in [0, 0.1) is 13.8 Å². The van der Waals surface area contributed by atoms with Gasteiger partial charge in [-0.3, -0.25) is 9.10 Å². The van der Waals surface area contributed by atoms with E-state index in [9.17, 15) is 26.4 Å². The van der Waals surface area contributed by atoms with Crippen LogP contribution >= 0.6 is 0 Å². The Morgan fingerprint density at radius 1 is 0.943 bits per heavy atom. The number of anilines is 2. The van der Waals surface area contributed by atoms with E-state index in [1.165, 1.54) is 13.2 Å². The van der Waals surface area contributed by atoms with Crippen LogP contribution < -0.4 is 14.4 Å². The second kappa shape index (κ2) is 10.4. The zero-order valence-corrected chi connectivity index (χ0v) is 20.2. The molecule has 0 spiro atoms. The van der Waals surface area contributed by atoms with E-state index < -0.39 is 27.7 Å². The van der Waals surface area contributed by atoms with Crippen molar-refractivity contribution in [3.05, 3.63) is 83.4 Å². The average Bonchev–Trinajstić information content (AvgIpc) is 2.81. The molecule has 0 aliphatic carbocycles. The molecule has 35 heavy (non-hydrogen) atoms. The Hall–Kier alpha value is -3.53. The smallest absolute Gasteiger partial charge is 0.416 e. The number of sulfonamides is 1. The van der Waals surface area contributed by atoms with E-state index in [2.05, 4.69) is 5.32 Å². The molecule has 6 nitrogen and oxygen atoms in total. The summed E-state index contributed by atoms with van der Waals surface area (Å²) in [6.45, 7) is 3.50. The van der Waals surface area contributed by atoms with Crippen LogP contribution in [0.15, 0.2) is 71.6 Å². The lowest BCUT2D eigenvalue weighted by Crippen LogP contribution is -2.34. The number of nitrogens with zero attached hydrogens (tertiary/aromatic N) is 1. The van der Waals surface area contributed by atoms with Crippen molar-refractivity contribution in [1.82, 2.24) is 0 Å². The van der Waals surface area contributed by atoms with Gasteiger partial charge in [0.05, 0.1) is 23.3 Å². The molecule has 3 aromatic rings. The van der Waals surface area contributed by atoms with Crippen LogP contribution in [-0.4, -0.2) is 28.0 Å². The second-order valence-corrected chi connectivity index (χ2v) is 9.76. The van der Waals surface area contributed by atoms with Gasteiger partial charge in [0.15, 0.2) is 0 Å². The number of nitrogens with one attached hydrogen (secondary N) is 1. The summed E-state index contributed by atoms with van der Waals surface area (Å²) < 4.78 is 71.5. The summed E-state index contributed by atoms with van der Waals surface area (Å²) in [6.07, 6.45) is -4.71. The van der Waals surface area contributed by atoms with Crippen molar-refractivity contribution in [3.63, 3.8) is 0 Å². The summed E-state index contributed by atoms with van der Waals surface area (Å²) in [5.74, 6) is -0.00381. The maximum Gasteiger partial charge on any atom is 0.416 e. The number of hydrogen-bond acceptors (Lipinski definition) is 4. The van der Waals surface area contributed by atoms with Gasteiger partial charge >= 0.3 is 6.18 Å². The molecule has 0 aliphatic heterocycles. The third-order valence-electron chi connectivity index (χ3n) is 5.46. The fourth-order valence-electron chi connectivity index (χ4n) is 3.31. The molecule has 0 bridgehead atoms. The number of aryl methyl sites for hydroxylation is 2. The predicted molar refractivity (Wildman–Crippen MR) is 128 cm³/mol. The summed E-state index contributed by atoms with van der Waals surface area (Å²) in [6, 6.07) is 15.2. The van der Waals surface area contributed by atoms with E-state index in [-0.39, 0.29) is 23.5 Å². The maximum absolute atomic E-state index is 13.5. The van der Waals surface area contributed by atoms with Crippen molar-refractivity contribution in [2.24, 2.45) is 0 Å². The standard InChI is InChI=1S/C25H25F3N2O4S/c1-17-4-13-23(16-18(17)2)35(32,33)30(21-9-11-22(34-3)12-10-21)15-14-24(31)29-20-7-5-19(6-8-20)25(26,27)28/h4-13,16H,14-15H2,1-3H3,(H,29,31). The number of amides is 1. The van der Waals surface area contributed by atoms with Crippen LogP contribution in [0.25, 0.3) is 0 Å². The Balaban J connectivity index is 1.82. The van der Waals surface area contributed by atoms with Gasteiger partial charge in [0.25, 0.3) is 10.0 Å². The van der Waals surface area contributed by atoms with Gasteiger partial charge in [-0.1, -0.05) is 6.07 Å². The Morgan fingerprint density at radius 3 is 2.11 bits per heavy atom. The maximum atomic E-state index is 13.5. The largest absolute Gasteiger partial charge is 0.497 e. The minimum absolute atomic E-state index is 0.0829. The van der Waals surface area contributed by atoms with E-state index >= 15 is 0 Å². The molecular weight excluding hydrogens is 481 g/mol. The van der Waals surface area contributed by atoms with Gasteiger partial charge in [0.2, 0.25) is 5.91 Å². The molecule has 0 aromatic heterocycles. The molecule has 3 aromatic carbocycles. The first kappa shape index (κ1) is 26.1. The normalized spacial score (nSPS) is 11.7. The highest BCUT2D eigenvalue weighted by Gasteiger charge is 2.30. The number of carbonyl (C=O) groups excluding carboxylic acids is 1. The zero-order valence-electron chi connectivity index (χ0n) is 19.4. The highest BCUT2D eigenvalue weighted by atomic mass is 32.2. The van der Waals surface area contributed by atoms with Gasteiger partial charge in [0.1, 0.15) is 5.75 Å². The van der Waals surface area contributed by atoms with E-state index in [0.29, 0.717) is 11.4 Å². The minimum Gasteiger partial charge on any atom is -0.497 e. The molecule has 0 fully saturated rings. The second-order valence-electron chi connectivity index (χ2n) is 7.89. The molecule has 1 amide bonds. The van der Waals surface area contributed by atoms with Gasteiger partial charge in [0, 0.05) is 18.7 Å². The van der Waals surface area contributed by atoms with E-state index in [0.717, 1.165) is 39.7 Å². The zero-order chi connectivity index (χ0) is 25.8. The Morgan fingerprint density at radius 2 is 1.57 bits per heavy atom. The molecule has 0 saturated heterocycles. The summed E-state index contributed by atoms with van der Waals surface area (Å²) in [5.41, 5.74) is 1.43. The first-order chi connectivity index (χ1) is 16.4. The third-order valence-corrected chi connectivity index (χ3v) is 7.29. The molecular formula is C25H25F3N2O4S. The quantitative estimate of drug-likeness (QED) is 0.434. The number of hydrogen-bond donors (Lipinski definition) is 1. The highest BCUT2D eigenvalue weighted by Crippen LogP contribution is 2.30. The lowest BCUT2D eigenvalue weighted by Gasteiger charge is -2.25. The fourth-order valence-corrected chi connectivity index (χ4v) is 4.86. The van der Waals surface area contributed by atoms with Gasteiger partial charge in [-0.2, -0.15) is 13.2 Å². The van der Waals surface area contributed by atoms with Crippen molar-refractivity contribution in [1.29, 1.82) is 0 Å². The molecule has 0 saturated carbocycles. The number of alkyl halides is 3. The number of benzene rings is 3. The number of methoxy groups -OCH3 is 1. The van der Waals surface area contributed by atoms with Gasteiger partial charge < -0.3 is 10.1 Å². The lowest BCUT2D eigenvalue weighted by atomic mass is 10.1. The first-order valence-electron chi connectivity index (χ1n) is 10.6. The molecule has 0 atom stereocenters. The average molecular weight is 507 g/mol. The molecule has 0 aliphatic rings. The predicted octanol–water partition coefficient (Wildman–Crippen LogP) is 5.55. The summed E-state index contributed by atoms with van der Waals surface area (Å²) >= 11 is 0. The monoisotopic (exact) mass is 506 g/mol. The van der Waals surface area contributed by atoms with Crippen LogP contribution in [0.2, 0.25) is 0 Å². The van der Waals surface area contributed by atoms with Gasteiger partial charge in [-0.15, -0.1) is 0 Å². The van der Waals surface area contributed by atoms with E-state index in [4.69, 9.17) is 4.74 Å². The van der Waals surface area contributed by atoms with Crippen LogP contribution in [-0.2, 0) is 21.0 Å². The number of carbonyl (C=O) groups is 1. The molecule has 186 valence electrons. The van der Waals surface area contributed by atoms with Gasteiger partial charge in [-0.25, -0.2) is 8.42 Å². The summed E-state index contributed by atoms with van der Waals surface area (Å²) in [5, 5.41) is 2.51. The van der Waals surface area contributed by atoms with Crippen LogP contribution in [0.1, 0.15) is 23.1 Å². The first-order valence-corrected chi connectivity index (χ1v) is 12.1. The molecule has 1 N–H and O–H groups in total. The summed E-state index contributed by atoms with van der Waals surface area (Å²) in [7, 11) is -2.53. The van der Waals surface area contributed by atoms with E-state index in [1.807, 2.05) is 13.8 Å². The molecule has 10 heteroatoms. The number of halogens is 3. The molecule has 0 radical (unpaired) electrons. The molecule has 0 heterocycles. The summed E-state index contributed by atoms with van der Waals surface area (Å²) in [4.78, 5) is 12.6. The lowest BCUT2D eigenvalue weighted by molar-refractivity contribution is -0.137. The number of rotatable bonds is 8. The van der Waals surface area contributed by atoms with Crippen LogP contribution in [0.5, 0.6) is 5.75 Å². The van der Waals surface area contributed by atoms with Gasteiger partial charge in [-0.05, 0) is 85.6 Å². The van der Waals surface area contributed by atoms with Crippen molar-refractivity contribution in [2.75, 3.05) is 23.3 Å². The topological polar surface area (TPSA) is 75.7 Å². The van der Waals surface area contributed by atoms with Crippen molar-refractivity contribution < 1.29 is 31.1 Å². The van der Waals surface area contributed by atoms with Crippen molar-refractivity contribution >= 4 is 27.3 Å². The Kier molecular flexibility index (Phi) is 7.74. The molecule has 0 unspecified atom stereocenters. The Labute approximate surface area is 202 Å². The highest BCUT2D eigenvalue weighted by molar-refractivity contribution is 7.92. The van der Waals surface area contributed by atoms with Crippen molar-refractivity contribution in [3.8, 4) is 5.75 Å². The third kappa shape index (κ3) is 6.33. The van der Waals surface area contributed by atoms with Crippen LogP contribution in [0.3, 0.4) is 0 Å².